The maximum Gasteiger partial charge on any atom is 0.243 e. The monoisotopic (exact) mass is 376 g/mol. The summed E-state index contributed by atoms with van der Waals surface area (Å²) in [6.45, 7) is 1.18. The fourth-order valence-electron chi connectivity index (χ4n) is 4.77. The third-order valence-corrected chi connectivity index (χ3v) is 8.16. The first-order valence-corrected chi connectivity index (χ1v) is 11.4. The van der Waals surface area contributed by atoms with E-state index in [4.69, 9.17) is 0 Å². The number of benzene rings is 1. The number of hydrogen-bond donors (Lipinski definition) is 1. The van der Waals surface area contributed by atoms with E-state index in [1.807, 2.05) is 0 Å². The van der Waals surface area contributed by atoms with Crippen molar-refractivity contribution in [2.75, 3.05) is 18.4 Å². The summed E-state index contributed by atoms with van der Waals surface area (Å²) in [5.41, 5.74) is 0.592. The summed E-state index contributed by atoms with van der Waals surface area (Å²) in [6, 6.07) is 6.75. The van der Waals surface area contributed by atoms with Gasteiger partial charge in [-0.1, -0.05) is 31.7 Å². The van der Waals surface area contributed by atoms with Gasteiger partial charge in [0.15, 0.2) is 0 Å². The van der Waals surface area contributed by atoms with E-state index in [-0.39, 0.29) is 16.7 Å². The number of nitrogens with zero attached hydrogens (tertiary/aromatic N) is 1. The zero-order chi connectivity index (χ0) is 18.1. The second kappa shape index (κ2) is 7.31. The summed E-state index contributed by atoms with van der Waals surface area (Å²) in [5.74, 6) is 1.29. The van der Waals surface area contributed by atoms with Gasteiger partial charge in [0.25, 0.3) is 0 Å². The van der Waals surface area contributed by atoms with Gasteiger partial charge in [0.05, 0.1) is 4.90 Å². The standard InChI is InChI=1S/C20H28N2O3S/c23-20(19-17-10-3-4-11-18(17)19)21-15-8-7-9-16(14-15)26(24,25)22-12-5-1-2-6-13-22/h7-9,14,17-19H,1-6,10-13H2,(H,21,23). The van der Waals surface area contributed by atoms with E-state index < -0.39 is 10.0 Å². The predicted molar refractivity (Wildman–Crippen MR) is 101 cm³/mol. The fourth-order valence-corrected chi connectivity index (χ4v) is 6.34. The second-order valence-corrected chi connectivity index (χ2v) is 9.91. The van der Waals surface area contributed by atoms with Crippen LogP contribution in [0.3, 0.4) is 0 Å². The minimum Gasteiger partial charge on any atom is -0.326 e. The Hall–Kier alpha value is -1.40. The van der Waals surface area contributed by atoms with Crippen LogP contribution in [0.2, 0.25) is 0 Å². The van der Waals surface area contributed by atoms with Crippen LogP contribution in [0, 0.1) is 17.8 Å². The molecule has 0 bridgehead atoms. The summed E-state index contributed by atoms with van der Waals surface area (Å²) in [4.78, 5) is 12.9. The van der Waals surface area contributed by atoms with Crippen LogP contribution in [0.4, 0.5) is 5.69 Å². The Balaban J connectivity index is 1.47. The minimum atomic E-state index is -3.49. The van der Waals surface area contributed by atoms with Crippen molar-refractivity contribution in [3.63, 3.8) is 0 Å². The fraction of sp³-hybridized carbons (Fsp3) is 0.650. The maximum atomic E-state index is 12.9. The highest BCUT2D eigenvalue weighted by atomic mass is 32.2. The number of fused-ring (bicyclic) bond motifs is 1. The SMILES string of the molecule is O=C(Nc1cccc(S(=O)(=O)N2CCCCCC2)c1)C1C2CCCCC21. The molecule has 1 N–H and O–H groups in total. The molecule has 1 aromatic rings. The lowest BCUT2D eigenvalue weighted by atomic mass is 10.0. The van der Waals surface area contributed by atoms with E-state index >= 15 is 0 Å². The average Bonchev–Trinajstić information content (AvgIpc) is 3.41. The van der Waals surface area contributed by atoms with Crippen molar-refractivity contribution in [1.82, 2.24) is 4.31 Å². The van der Waals surface area contributed by atoms with Crippen molar-refractivity contribution < 1.29 is 13.2 Å². The number of rotatable bonds is 4. The Morgan fingerprint density at radius 3 is 2.27 bits per heavy atom. The lowest BCUT2D eigenvalue weighted by Gasteiger charge is -2.20. The molecule has 4 rings (SSSR count). The van der Waals surface area contributed by atoms with E-state index in [1.165, 1.54) is 12.8 Å². The van der Waals surface area contributed by atoms with Crippen LogP contribution in [0.5, 0.6) is 0 Å². The van der Waals surface area contributed by atoms with Crippen LogP contribution in [0.1, 0.15) is 51.4 Å². The smallest absolute Gasteiger partial charge is 0.243 e. The lowest BCUT2D eigenvalue weighted by molar-refractivity contribution is -0.117. The molecule has 5 nitrogen and oxygen atoms in total. The van der Waals surface area contributed by atoms with E-state index in [9.17, 15) is 13.2 Å². The predicted octanol–water partition coefficient (Wildman–Crippen LogP) is 3.63. The van der Waals surface area contributed by atoms with Gasteiger partial charge in [0.2, 0.25) is 15.9 Å². The van der Waals surface area contributed by atoms with Gasteiger partial charge in [-0.3, -0.25) is 4.79 Å². The van der Waals surface area contributed by atoms with Crippen LogP contribution in [-0.2, 0) is 14.8 Å². The molecule has 1 aromatic carbocycles. The molecule has 0 radical (unpaired) electrons. The largest absolute Gasteiger partial charge is 0.326 e. The van der Waals surface area contributed by atoms with Crippen LogP contribution >= 0.6 is 0 Å². The topological polar surface area (TPSA) is 66.5 Å². The van der Waals surface area contributed by atoms with Gasteiger partial charge < -0.3 is 5.32 Å². The molecule has 1 amide bonds. The summed E-state index contributed by atoms with van der Waals surface area (Å²) >= 11 is 0. The summed E-state index contributed by atoms with van der Waals surface area (Å²) in [5, 5.41) is 2.97. The Morgan fingerprint density at radius 1 is 0.962 bits per heavy atom. The van der Waals surface area contributed by atoms with E-state index in [1.54, 1.807) is 28.6 Å². The molecule has 0 spiro atoms. The highest BCUT2D eigenvalue weighted by Crippen LogP contribution is 2.55. The zero-order valence-electron chi connectivity index (χ0n) is 15.2. The molecule has 142 valence electrons. The minimum absolute atomic E-state index is 0.0613. The molecule has 2 saturated carbocycles. The molecule has 0 aromatic heterocycles. The van der Waals surface area contributed by atoms with Crippen LogP contribution in [0.25, 0.3) is 0 Å². The summed E-state index contributed by atoms with van der Waals surface area (Å²) < 4.78 is 27.5. The highest BCUT2D eigenvalue weighted by molar-refractivity contribution is 7.89. The van der Waals surface area contributed by atoms with Gasteiger partial charge in [0.1, 0.15) is 0 Å². The third-order valence-electron chi connectivity index (χ3n) is 6.26. The van der Waals surface area contributed by atoms with Crippen LogP contribution < -0.4 is 5.32 Å². The summed E-state index contributed by atoms with van der Waals surface area (Å²) in [6.07, 6.45) is 8.79. The molecule has 1 heterocycles. The van der Waals surface area contributed by atoms with E-state index in [0.29, 0.717) is 30.6 Å². The van der Waals surface area contributed by atoms with Crippen molar-refractivity contribution in [3.8, 4) is 0 Å². The quantitative estimate of drug-likeness (QED) is 0.873. The van der Waals surface area contributed by atoms with Crippen molar-refractivity contribution in [2.45, 2.75) is 56.3 Å². The molecule has 6 heteroatoms. The number of amides is 1. The third kappa shape index (κ3) is 3.54. The van der Waals surface area contributed by atoms with Gasteiger partial charge in [-0.05, 0) is 55.7 Å². The highest BCUT2D eigenvalue weighted by Gasteiger charge is 2.54. The van der Waals surface area contributed by atoms with Crippen LogP contribution in [0.15, 0.2) is 29.2 Å². The molecule has 26 heavy (non-hydrogen) atoms. The number of carbonyl (C=O) groups is 1. The van der Waals surface area contributed by atoms with E-state index in [0.717, 1.165) is 38.5 Å². The molecular formula is C20H28N2O3S. The Kier molecular flexibility index (Phi) is 5.06. The molecule has 3 fully saturated rings. The molecule has 2 unspecified atom stereocenters. The number of hydrogen-bond acceptors (Lipinski definition) is 3. The first kappa shape index (κ1) is 18.0. The first-order valence-electron chi connectivity index (χ1n) is 9.98. The number of anilines is 1. The Bertz CT molecular complexity index is 757. The second-order valence-electron chi connectivity index (χ2n) is 7.97. The van der Waals surface area contributed by atoms with Crippen molar-refractivity contribution in [2.24, 2.45) is 17.8 Å². The number of nitrogens with one attached hydrogen (secondary N) is 1. The van der Waals surface area contributed by atoms with Crippen LogP contribution in [-0.4, -0.2) is 31.7 Å². The normalized spacial score (nSPS) is 29.5. The number of carbonyl (C=O) groups excluding carboxylic acids is 1. The first-order chi connectivity index (χ1) is 12.6. The van der Waals surface area contributed by atoms with Gasteiger partial charge >= 0.3 is 0 Å². The van der Waals surface area contributed by atoms with Crippen molar-refractivity contribution in [3.05, 3.63) is 24.3 Å². The molecule has 2 aliphatic carbocycles. The lowest BCUT2D eigenvalue weighted by Crippen LogP contribution is -2.32. The van der Waals surface area contributed by atoms with Crippen molar-refractivity contribution >= 4 is 21.6 Å². The Labute approximate surface area is 156 Å². The Morgan fingerprint density at radius 2 is 1.62 bits per heavy atom. The zero-order valence-corrected chi connectivity index (χ0v) is 16.0. The molecule has 2 atom stereocenters. The average molecular weight is 377 g/mol. The molecule has 1 saturated heterocycles. The molecule has 1 aliphatic heterocycles. The van der Waals surface area contributed by atoms with E-state index in [2.05, 4.69) is 5.32 Å². The van der Waals surface area contributed by atoms with Gasteiger partial charge in [-0.15, -0.1) is 0 Å². The van der Waals surface area contributed by atoms with Gasteiger partial charge in [-0.25, -0.2) is 8.42 Å². The van der Waals surface area contributed by atoms with Gasteiger partial charge in [0, 0.05) is 24.7 Å². The molecular weight excluding hydrogens is 348 g/mol. The molecule has 3 aliphatic rings. The van der Waals surface area contributed by atoms with Crippen molar-refractivity contribution in [1.29, 1.82) is 0 Å². The maximum absolute atomic E-state index is 12.9. The van der Waals surface area contributed by atoms with Gasteiger partial charge in [-0.2, -0.15) is 4.31 Å². The summed E-state index contributed by atoms with van der Waals surface area (Å²) in [7, 11) is -3.49. The number of sulfonamides is 1.